The minimum atomic E-state index is -0.420. The Bertz CT molecular complexity index is 872. The van der Waals surface area contributed by atoms with Crippen molar-refractivity contribution < 1.29 is 14.1 Å². The van der Waals surface area contributed by atoms with Crippen LogP contribution >= 0.6 is 0 Å². The van der Waals surface area contributed by atoms with Gasteiger partial charge in [0.05, 0.1) is 11.0 Å². The zero-order valence-electron chi connectivity index (χ0n) is 13.4. The number of hydrogen-bond donors (Lipinski definition) is 0. The van der Waals surface area contributed by atoms with E-state index in [1.807, 2.05) is 37.3 Å². The molecule has 0 radical (unpaired) electrons. The van der Waals surface area contributed by atoms with Crippen molar-refractivity contribution >= 4 is 5.69 Å². The first-order chi connectivity index (χ1) is 11.5. The van der Waals surface area contributed by atoms with Crippen LogP contribution in [0.25, 0.3) is 11.5 Å². The van der Waals surface area contributed by atoms with Crippen LogP contribution in [0.3, 0.4) is 0 Å². The number of nitro groups is 1. The van der Waals surface area contributed by atoms with Crippen LogP contribution in [-0.2, 0) is 6.61 Å². The standard InChI is InChI=1S/C18H16N2O4/c1-12-8-9-15(10-17(12)20(21)22)23-11-16-13(2)24-18(19-16)14-6-4-3-5-7-14/h3-10H,11H2,1-2H3. The number of benzene rings is 2. The summed E-state index contributed by atoms with van der Waals surface area (Å²) < 4.78 is 11.3. The number of aryl methyl sites for hydroxylation is 2. The van der Waals surface area contributed by atoms with Crippen molar-refractivity contribution in [1.29, 1.82) is 0 Å². The van der Waals surface area contributed by atoms with E-state index in [1.165, 1.54) is 6.07 Å². The summed E-state index contributed by atoms with van der Waals surface area (Å²) in [7, 11) is 0. The minimum Gasteiger partial charge on any atom is -0.487 e. The van der Waals surface area contributed by atoms with Crippen molar-refractivity contribution in [3.63, 3.8) is 0 Å². The molecule has 0 saturated heterocycles. The molecule has 0 amide bonds. The van der Waals surface area contributed by atoms with Crippen molar-refractivity contribution in [3.05, 3.63) is 75.7 Å². The van der Waals surface area contributed by atoms with Crippen LogP contribution in [0.4, 0.5) is 5.69 Å². The number of aromatic nitrogens is 1. The third kappa shape index (κ3) is 3.27. The van der Waals surface area contributed by atoms with Crippen molar-refractivity contribution in [3.8, 4) is 17.2 Å². The summed E-state index contributed by atoms with van der Waals surface area (Å²) in [5, 5.41) is 11.0. The second-order valence-corrected chi connectivity index (χ2v) is 5.38. The quantitative estimate of drug-likeness (QED) is 0.512. The van der Waals surface area contributed by atoms with E-state index in [9.17, 15) is 10.1 Å². The predicted octanol–water partition coefficient (Wildman–Crippen LogP) is 4.45. The van der Waals surface area contributed by atoms with E-state index in [2.05, 4.69) is 4.98 Å². The van der Waals surface area contributed by atoms with Crippen LogP contribution in [0, 0.1) is 24.0 Å². The molecule has 0 aliphatic heterocycles. The second-order valence-electron chi connectivity index (χ2n) is 5.38. The molecule has 1 aromatic heterocycles. The fraction of sp³-hybridized carbons (Fsp3) is 0.167. The Labute approximate surface area is 138 Å². The van der Waals surface area contributed by atoms with E-state index >= 15 is 0 Å². The third-order valence-corrected chi connectivity index (χ3v) is 3.67. The average molecular weight is 324 g/mol. The molecule has 6 heteroatoms. The van der Waals surface area contributed by atoms with Gasteiger partial charge in [0.1, 0.15) is 23.8 Å². The molecule has 122 valence electrons. The molecule has 0 fully saturated rings. The molecule has 0 spiro atoms. The highest BCUT2D eigenvalue weighted by Crippen LogP contribution is 2.26. The van der Waals surface area contributed by atoms with Gasteiger partial charge >= 0.3 is 0 Å². The lowest BCUT2D eigenvalue weighted by molar-refractivity contribution is -0.385. The van der Waals surface area contributed by atoms with E-state index in [4.69, 9.17) is 9.15 Å². The fourth-order valence-electron chi connectivity index (χ4n) is 2.29. The molecule has 0 aliphatic carbocycles. The molecule has 0 atom stereocenters. The van der Waals surface area contributed by atoms with Crippen molar-refractivity contribution in [2.45, 2.75) is 20.5 Å². The molecule has 3 rings (SSSR count). The van der Waals surface area contributed by atoms with E-state index in [0.29, 0.717) is 28.7 Å². The maximum atomic E-state index is 11.0. The molecule has 2 aromatic carbocycles. The zero-order valence-corrected chi connectivity index (χ0v) is 13.4. The van der Waals surface area contributed by atoms with Gasteiger partial charge in [-0.2, -0.15) is 0 Å². The van der Waals surface area contributed by atoms with Crippen molar-refractivity contribution in [2.75, 3.05) is 0 Å². The normalized spacial score (nSPS) is 10.6. The molecule has 0 aliphatic rings. The number of hydrogen-bond acceptors (Lipinski definition) is 5. The summed E-state index contributed by atoms with van der Waals surface area (Å²) in [6, 6.07) is 14.4. The average Bonchev–Trinajstić information content (AvgIpc) is 2.95. The number of nitro benzene ring substituents is 1. The Morgan fingerprint density at radius 1 is 1.17 bits per heavy atom. The van der Waals surface area contributed by atoms with E-state index in [-0.39, 0.29) is 12.3 Å². The van der Waals surface area contributed by atoms with Gasteiger partial charge in [0.25, 0.3) is 5.69 Å². The summed E-state index contributed by atoms with van der Waals surface area (Å²) in [4.78, 5) is 15.0. The lowest BCUT2D eigenvalue weighted by Gasteiger charge is -2.05. The molecule has 0 saturated carbocycles. The molecule has 6 nitrogen and oxygen atoms in total. The molecular formula is C18H16N2O4. The summed E-state index contributed by atoms with van der Waals surface area (Å²) in [5.41, 5.74) is 2.18. The van der Waals surface area contributed by atoms with E-state index < -0.39 is 4.92 Å². The first-order valence-electron chi connectivity index (χ1n) is 7.44. The number of ether oxygens (including phenoxy) is 1. The largest absolute Gasteiger partial charge is 0.487 e. The molecule has 24 heavy (non-hydrogen) atoms. The third-order valence-electron chi connectivity index (χ3n) is 3.67. The lowest BCUT2D eigenvalue weighted by Crippen LogP contribution is -1.99. The van der Waals surface area contributed by atoms with Crippen LogP contribution < -0.4 is 4.74 Å². The zero-order chi connectivity index (χ0) is 17.1. The maximum Gasteiger partial charge on any atom is 0.276 e. The van der Waals surface area contributed by atoms with E-state index in [0.717, 1.165) is 5.56 Å². The van der Waals surface area contributed by atoms with Crippen LogP contribution in [0.5, 0.6) is 5.75 Å². The lowest BCUT2D eigenvalue weighted by atomic mass is 10.2. The Hall–Kier alpha value is -3.15. The monoisotopic (exact) mass is 324 g/mol. The predicted molar refractivity (Wildman–Crippen MR) is 88.8 cm³/mol. The summed E-state index contributed by atoms with van der Waals surface area (Å²) >= 11 is 0. The molecule has 1 heterocycles. The highest BCUT2D eigenvalue weighted by atomic mass is 16.6. The van der Waals surface area contributed by atoms with Gasteiger partial charge in [-0.25, -0.2) is 4.98 Å². The maximum absolute atomic E-state index is 11.0. The van der Waals surface area contributed by atoms with Gasteiger partial charge in [-0.05, 0) is 38.1 Å². The fourth-order valence-corrected chi connectivity index (χ4v) is 2.29. The number of oxazole rings is 1. The van der Waals surface area contributed by atoms with Crippen LogP contribution in [0.15, 0.2) is 52.9 Å². The second kappa shape index (κ2) is 6.54. The Balaban J connectivity index is 1.77. The van der Waals surface area contributed by atoms with Crippen LogP contribution in [0.2, 0.25) is 0 Å². The van der Waals surface area contributed by atoms with Gasteiger partial charge in [-0.15, -0.1) is 0 Å². The Kier molecular flexibility index (Phi) is 4.29. The van der Waals surface area contributed by atoms with Gasteiger partial charge in [0, 0.05) is 11.1 Å². The number of rotatable bonds is 5. The SMILES string of the molecule is Cc1ccc(OCc2nc(-c3ccccc3)oc2C)cc1[N+](=O)[O-]. The minimum absolute atomic E-state index is 0.0364. The summed E-state index contributed by atoms with van der Waals surface area (Å²) in [6.45, 7) is 3.69. The van der Waals surface area contributed by atoms with Crippen molar-refractivity contribution in [1.82, 2.24) is 4.98 Å². The molecule has 0 bridgehead atoms. The Morgan fingerprint density at radius 3 is 2.62 bits per heavy atom. The molecule has 0 N–H and O–H groups in total. The summed E-state index contributed by atoms with van der Waals surface area (Å²) in [6.07, 6.45) is 0. The van der Waals surface area contributed by atoms with Gasteiger partial charge in [0.15, 0.2) is 0 Å². The highest BCUT2D eigenvalue weighted by molar-refractivity contribution is 5.53. The molecular weight excluding hydrogens is 308 g/mol. The number of nitrogens with zero attached hydrogens (tertiary/aromatic N) is 2. The first kappa shape index (κ1) is 15.7. The van der Waals surface area contributed by atoms with Crippen LogP contribution in [0.1, 0.15) is 17.0 Å². The smallest absolute Gasteiger partial charge is 0.276 e. The van der Waals surface area contributed by atoms with Gasteiger partial charge in [0.2, 0.25) is 5.89 Å². The van der Waals surface area contributed by atoms with E-state index in [1.54, 1.807) is 19.1 Å². The van der Waals surface area contributed by atoms with Gasteiger partial charge < -0.3 is 9.15 Å². The summed E-state index contributed by atoms with van der Waals surface area (Å²) in [5.74, 6) is 1.62. The van der Waals surface area contributed by atoms with Crippen LogP contribution in [-0.4, -0.2) is 9.91 Å². The highest BCUT2D eigenvalue weighted by Gasteiger charge is 2.14. The Morgan fingerprint density at radius 2 is 1.92 bits per heavy atom. The molecule has 0 unspecified atom stereocenters. The topological polar surface area (TPSA) is 78.4 Å². The van der Waals surface area contributed by atoms with Gasteiger partial charge in [-0.3, -0.25) is 10.1 Å². The van der Waals surface area contributed by atoms with Crippen molar-refractivity contribution in [2.24, 2.45) is 0 Å². The first-order valence-corrected chi connectivity index (χ1v) is 7.44. The van der Waals surface area contributed by atoms with Gasteiger partial charge in [-0.1, -0.05) is 18.2 Å². The molecule has 3 aromatic rings.